The predicted octanol–water partition coefficient (Wildman–Crippen LogP) is 2.95. The van der Waals surface area contributed by atoms with Crippen molar-refractivity contribution in [2.45, 2.75) is 25.9 Å². The standard InChI is InChI=1S/C22H24N4O2/c27-22(20-14-19-4-1-2-5-21(19)28-16-20)26(15-18-6-8-23-9-7-18)12-3-11-25-13-10-24-17-25/h1-2,4-10,13,17,20H,3,11-12,14-16H2/t20-/m0/s1. The number of pyridine rings is 1. The summed E-state index contributed by atoms with van der Waals surface area (Å²) in [5, 5.41) is 0. The summed E-state index contributed by atoms with van der Waals surface area (Å²) in [5.74, 6) is 0.897. The summed E-state index contributed by atoms with van der Waals surface area (Å²) >= 11 is 0. The molecule has 1 aromatic carbocycles. The van der Waals surface area contributed by atoms with Crippen molar-refractivity contribution in [3.63, 3.8) is 0 Å². The molecular weight excluding hydrogens is 352 g/mol. The fourth-order valence-corrected chi connectivity index (χ4v) is 3.58. The molecule has 2 aromatic heterocycles. The molecule has 1 aliphatic heterocycles. The van der Waals surface area contributed by atoms with Crippen molar-refractivity contribution in [3.05, 3.63) is 78.6 Å². The van der Waals surface area contributed by atoms with Crippen molar-refractivity contribution in [1.82, 2.24) is 19.4 Å². The predicted molar refractivity (Wildman–Crippen MR) is 106 cm³/mol. The summed E-state index contributed by atoms with van der Waals surface area (Å²) < 4.78 is 7.89. The van der Waals surface area contributed by atoms with Gasteiger partial charge >= 0.3 is 0 Å². The molecule has 1 atom stereocenters. The average Bonchev–Trinajstić information content (AvgIpc) is 3.26. The van der Waals surface area contributed by atoms with Crippen LogP contribution in [0.2, 0.25) is 0 Å². The van der Waals surface area contributed by atoms with Crippen LogP contribution in [0.1, 0.15) is 17.5 Å². The van der Waals surface area contributed by atoms with Gasteiger partial charge in [0.1, 0.15) is 12.4 Å². The molecule has 6 nitrogen and oxygen atoms in total. The number of ether oxygens (including phenoxy) is 1. The number of para-hydroxylation sites is 1. The molecule has 144 valence electrons. The van der Waals surface area contributed by atoms with E-state index in [1.54, 1.807) is 24.9 Å². The molecule has 4 rings (SSSR count). The number of carbonyl (C=O) groups excluding carboxylic acids is 1. The van der Waals surface area contributed by atoms with Crippen LogP contribution in [-0.4, -0.2) is 38.5 Å². The number of aromatic nitrogens is 3. The highest BCUT2D eigenvalue weighted by Crippen LogP contribution is 2.28. The van der Waals surface area contributed by atoms with Gasteiger partial charge in [0, 0.05) is 44.4 Å². The first kappa shape index (κ1) is 18.2. The lowest BCUT2D eigenvalue weighted by Crippen LogP contribution is -2.41. The molecule has 6 heteroatoms. The fraction of sp³-hybridized carbons (Fsp3) is 0.318. The number of rotatable bonds is 7. The van der Waals surface area contributed by atoms with Crippen molar-refractivity contribution in [2.75, 3.05) is 13.2 Å². The van der Waals surface area contributed by atoms with E-state index in [0.29, 0.717) is 19.7 Å². The van der Waals surface area contributed by atoms with Gasteiger partial charge in [0.15, 0.2) is 0 Å². The zero-order chi connectivity index (χ0) is 19.2. The Labute approximate surface area is 164 Å². The van der Waals surface area contributed by atoms with Crippen LogP contribution in [-0.2, 0) is 24.3 Å². The quantitative estimate of drug-likeness (QED) is 0.636. The molecule has 0 N–H and O–H groups in total. The van der Waals surface area contributed by atoms with Crippen LogP contribution in [0.5, 0.6) is 5.75 Å². The van der Waals surface area contributed by atoms with E-state index in [-0.39, 0.29) is 11.8 Å². The molecule has 3 heterocycles. The van der Waals surface area contributed by atoms with Crippen molar-refractivity contribution in [1.29, 1.82) is 0 Å². The molecule has 1 aliphatic rings. The van der Waals surface area contributed by atoms with Crippen LogP contribution in [0.4, 0.5) is 0 Å². The summed E-state index contributed by atoms with van der Waals surface area (Å²) in [7, 11) is 0. The third-order valence-corrected chi connectivity index (χ3v) is 5.07. The molecule has 0 radical (unpaired) electrons. The number of carbonyl (C=O) groups is 1. The van der Waals surface area contributed by atoms with Gasteiger partial charge < -0.3 is 14.2 Å². The summed E-state index contributed by atoms with van der Waals surface area (Å²) in [6.07, 6.45) is 10.7. The van der Waals surface area contributed by atoms with Gasteiger partial charge in [-0.25, -0.2) is 4.98 Å². The molecule has 0 aliphatic carbocycles. The van der Waals surface area contributed by atoms with Crippen LogP contribution >= 0.6 is 0 Å². The lowest BCUT2D eigenvalue weighted by Gasteiger charge is -2.30. The molecule has 1 amide bonds. The highest BCUT2D eigenvalue weighted by Gasteiger charge is 2.29. The lowest BCUT2D eigenvalue weighted by atomic mass is 9.95. The minimum absolute atomic E-state index is 0.148. The summed E-state index contributed by atoms with van der Waals surface area (Å²) in [4.78, 5) is 23.4. The minimum atomic E-state index is -0.148. The number of benzene rings is 1. The maximum absolute atomic E-state index is 13.3. The van der Waals surface area contributed by atoms with Gasteiger partial charge in [0.05, 0.1) is 12.2 Å². The minimum Gasteiger partial charge on any atom is -0.492 e. The van der Waals surface area contributed by atoms with Crippen LogP contribution in [0.25, 0.3) is 0 Å². The van der Waals surface area contributed by atoms with Crippen LogP contribution < -0.4 is 4.74 Å². The third kappa shape index (κ3) is 4.39. The Balaban J connectivity index is 1.44. The van der Waals surface area contributed by atoms with Gasteiger partial charge in [-0.05, 0) is 42.2 Å². The monoisotopic (exact) mass is 376 g/mol. The highest BCUT2D eigenvalue weighted by molar-refractivity contribution is 5.79. The molecule has 0 fully saturated rings. The molecule has 0 unspecified atom stereocenters. The fourth-order valence-electron chi connectivity index (χ4n) is 3.58. The van der Waals surface area contributed by atoms with E-state index in [1.807, 2.05) is 52.1 Å². The van der Waals surface area contributed by atoms with E-state index in [2.05, 4.69) is 9.97 Å². The maximum Gasteiger partial charge on any atom is 0.229 e. The van der Waals surface area contributed by atoms with E-state index < -0.39 is 0 Å². The highest BCUT2D eigenvalue weighted by atomic mass is 16.5. The van der Waals surface area contributed by atoms with Gasteiger partial charge in [-0.3, -0.25) is 9.78 Å². The van der Waals surface area contributed by atoms with E-state index >= 15 is 0 Å². The van der Waals surface area contributed by atoms with Gasteiger partial charge in [-0.1, -0.05) is 18.2 Å². The van der Waals surface area contributed by atoms with Gasteiger partial charge in [-0.15, -0.1) is 0 Å². The van der Waals surface area contributed by atoms with Gasteiger partial charge in [0.2, 0.25) is 5.91 Å². The largest absolute Gasteiger partial charge is 0.492 e. The topological polar surface area (TPSA) is 60.2 Å². The molecule has 28 heavy (non-hydrogen) atoms. The first-order valence-electron chi connectivity index (χ1n) is 9.64. The number of hydrogen-bond donors (Lipinski definition) is 0. The maximum atomic E-state index is 13.3. The average molecular weight is 376 g/mol. The second kappa shape index (κ2) is 8.69. The Morgan fingerprint density at radius 2 is 2.00 bits per heavy atom. The van der Waals surface area contributed by atoms with Crippen molar-refractivity contribution in [2.24, 2.45) is 5.92 Å². The number of imidazole rings is 1. The summed E-state index contributed by atoms with van der Waals surface area (Å²) in [6, 6.07) is 11.9. The summed E-state index contributed by atoms with van der Waals surface area (Å²) in [5.41, 5.74) is 2.19. The SMILES string of the molecule is O=C([C@@H]1COc2ccccc2C1)N(CCCn1ccnc1)Cc1ccncc1. The Hall–Kier alpha value is -3.15. The second-order valence-corrected chi connectivity index (χ2v) is 7.09. The molecule has 0 spiro atoms. The molecule has 3 aromatic rings. The Morgan fingerprint density at radius 1 is 1.14 bits per heavy atom. The van der Waals surface area contributed by atoms with E-state index in [0.717, 1.165) is 36.3 Å². The smallest absolute Gasteiger partial charge is 0.229 e. The number of fused-ring (bicyclic) bond motifs is 1. The first-order valence-corrected chi connectivity index (χ1v) is 9.64. The van der Waals surface area contributed by atoms with Crippen molar-refractivity contribution < 1.29 is 9.53 Å². The zero-order valence-electron chi connectivity index (χ0n) is 15.8. The number of amides is 1. The van der Waals surface area contributed by atoms with Gasteiger partial charge in [0.25, 0.3) is 0 Å². The number of aryl methyl sites for hydroxylation is 1. The first-order chi connectivity index (χ1) is 13.8. The van der Waals surface area contributed by atoms with E-state index in [4.69, 9.17) is 4.74 Å². The second-order valence-electron chi connectivity index (χ2n) is 7.09. The lowest BCUT2D eigenvalue weighted by molar-refractivity contribution is -0.137. The third-order valence-electron chi connectivity index (χ3n) is 5.07. The van der Waals surface area contributed by atoms with Crippen molar-refractivity contribution >= 4 is 5.91 Å². The molecule has 0 saturated heterocycles. The van der Waals surface area contributed by atoms with Crippen LogP contribution in [0, 0.1) is 5.92 Å². The molecule has 0 saturated carbocycles. The van der Waals surface area contributed by atoms with Crippen molar-refractivity contribution in [3.8, 4) is 5.75 Å². The molecule has 0 bridgehead atoms. The normalized spacial score (nSPS) is 15.5. The number of hydrogen-bond acceptors (Lipinski definition) is 4. The van der Waals surface area contributed by atoms with E-state index in [9.17, 15) is 4.79 Å². The summed E-state index contributed by atoms with van der Waals surface area (Å²) in [6.45, 7) is 2.55. The Kier molecular flexibility index (Phi) is 5.66. The van der Waals surface area contributed by atoms with E-state index in [1.165, 1.54) is 0 Å². The number of nitrogens with zero attached hydrogens (tertiary/aromatic N) is 4. The Bertz CT molecular complexity index is 896. The van der Waals surface area contributed by atoms with Crippen LogP contribution in [0.3, 0.4) is 0 Å². The molecular formula is C22H24N4O2. The zero-order valence-corrected chi connectivity index (χ0v) is 15.8. The van der Waals surface area contributed by atoms with Gasteiger partial charge in [-0.2, -0.15) is 0 Å². The Morgan fingerprint density at radius 3 is 2.82 bits per heavy atom. The van der Waals surface area contributed by atoms with Crippen LogP contribution in [0.15, 0.2) is 67.5 Å².